The van der Waals surface area contributed by atoms with Crippen molar-refractivity contribution in [2.75, 3.05) is 5.32 Å². The molecule has 2 aromatic rings. The van der Waals surface area contributed by atoms with Crippen molar-refractivity contribution in [2.45, 2.75) is 32.7 Å². The van der Waals surface area contributed by atoms with Gasteiger partial charge in [0.15, 0.2) is 0 Å². The molecule has 0 radical (unpaired) electrons. The molecule has 0 bridgehead atoms. The maximum Gasteiger partial charge on any atom is 0.112 e. The van der Waals surface area contributed by atoms with E-state index in [1.165, 1.54) is 4.88 Å². The Morgan fingerprint density at radius 2 is 2.06 bits per heavy atom. The van der Waals surface area contributed by atoms with E-state index in [4.69, 9.17) is 11.6 Å². The van der Waals surface area contributed by atoms with Crippen LogP contribution in [0.4, 0.5) is 5.69 Å². The third-order valence-corrected chi connectivity index (χ3v) is 4.20. The van der Waals surface area contributed by atoms with Gasteiger partial charge in [-0.1, -0.05) is 18.2 Å². The second kappa shape index (κ2) is 5.72. The van der Waals surface area contributed by atoms with Gasteiger partial charge in [0.05, 0.1) is 17.6 Å². The van der Waals surface area contributed by atoms with E-state index in [-0.39, 0.29) is 5.38 Å². The van der Waals surface area contributed by atoms with Crippen LogP contribution in [0, 0.1) is 13.8 Å². The van der Waals surface area contributed by atoms with Crippen molar-refractivity contribution in [2.24, 2.45) is 0 Å². The highest BCUT2D eigenvalue weighted by Gasteiger charge is 2.08. The largest absolute Gasteiger partial charge is 0.378 e. The fourth-order valence-corrected chi connectivity index (χ4v) is 2.85. The summed E-state index contributed by atoms with van der Waals surface area (Å²) in [6.07, 6.45) is 0. The van der Waals surface area contributed by atoms with Gasteiger partial charge in [0.2, 0.25) is 0 Å². The van der Waals surface area contributed by atoms with Crippen LogP contribution in [0.3, 0.4) is 0 Å². The Morgan fingerprint density at radius 1 is 1.33 bits per heavy atom. The second-order valence-corrected chi connectivity index (χ2v) is 6.25. The zero-order chi connectivity index (χ0) is 13.1. The Morgan fingerprint density at radius 3 is 2.67 bits per heavy atom. The lowest BCUT2D eigenvalue weighted by Crippen LogP contribution is -2.02. The fourth-order valence-electron chi connectivity index (χ4n) is 1.79. The van der Waals surface area contributed by atoms with Crippen LogP contribution in [0.25, 0.3) is 0 Å². The van der Waals surface area contributed by atoms with Crippen molar-refractivity contribution >= 4 is 28.6 Å². The quantitative estimate of drug-likeness (QED) is 0.823. The zero-order valence-corrected chi connectivity index (χ0v) is 12.4. The first kappa shape index (κ1) is 13.4. The van der Waals surface area contributed by atoms with E-state index in [2.05, 4.69) is 29.4 Å². The highest BCUT2D eigenvalue weighted by atomic mass is 35.5. The van der Waals surface area contributed by atoms with Crippen molar-refractivity contribution in [1.29, 1.82) is 0 Å². The molecule has 2 rings (SSSR count). The van der Waals surface area contributed by atoms with Gasteiger partial charge >= 0.3 is 0 Å². The maximum absolute atomic E-state index is 6.17. The van der Waals surface area contributed by atoms with E-state index in [1.54, 1.807) is 11.3 Å². The van der Waals surface area contributed by atoms with Crippen molar-refractivity contribution < 1.29 is 0 Å². The van der Waals surface area contributed by atoms with Gasteiger partial charge in [-0.2, -0.15) is 0 Å². The SMILES string of the molecule is Cc1nc(CNc2ccccc2C(C)Cl)sc1C. The first-order valence-corrected chi connectivity index (χ1v) is 7.23. The summed E-state index contributed by atoms with van der Waals surface area (Å²) in [6, 6.07) is 8.14. The van der Waals surface area contributed by atoms with E-state index >= 15 is 0 Å². The number of benzene rings is 1. The maximum atomic E-state index is 6.17. The number of nitrogens with one attached hydrogen (secondary N) is 1. The number of hydrogen-bond donors (Lipinski definition) is 1. The Labute approximate surface area is 117 Å². The van der Waals surface area contributed by atoms with Crippen LogP contribution in [0.5, 0.6) is 0 Å². The van der Waals surface area contributed by atoms with Crippen LogP contribution in [0.1, 0.15) is 33.4 Å². The Balaban J connectivity index is 2.10. The van der Waals surface area contributed by atoms with Gasteiger partial charge < -0.3 is 5.32 Å². The average Bonchev–Trinajstić information content (AvgIpc) is 2.66. The van der Waals surface area contributed by atoms with Crippen molar-refractivity contribution in [3.05, 3.63) is 45.4 Å². The zero-order valence-electron chi connectivity index (χ0n) is 10.8. The lowest BCUT2D eigenvalue weighted by Gasteiger charge is -2.12. The van der Waals surface area contributed by atoms with Gasteiger partial charge in [0.25, 0.3) is 0 Å². The second-order valence-electron chi connectivity index (χ2n) is 4.31. The number of para-hydroxylation sites is 1. The molecule has 18 heavy (non-hydrogen) atoms. The van der Waals surface area contributed by atoms with Crippen LogP contribution in [-0.4, -0.2) is 4.98 Å². The molecule has 0 aliphatic carbocycles. The third kappa shape index (κ3) is 3.03. The van der Waals surface area contributed by atoms with Crippen molar-refractivity contribution in [3.8, 4) is 0 Å². The number of alkyl halides is 1. The summed E-state index contributed by atoms with van der Waals surface area (Å²) in [6.45, 7) is 6.88. The molecular weight excluding hydrogens is 264 g/mol. The molecule has 0 saturated heterocycles. The number of hydrogen-bond acceptors (Lipinski definition) is 3. The first-order valence-electron chi connectivity index (χ1n) is 5.97. The first-order chi connectivity index (χ1) is 8.58. The van der Waals surface area contributed by atoms with Gasteiger partial charge in [-0.05, 0) is 32.4 Å². The van der Waals surface area contributed by atoms with Gasteiger partial charge in [0.1, 0.15) is 5.01 Å². The van der Waals surface area contributed by atoms with Crippen LogP contribution in [-0.2, 0) is 6.54 Å². The normalized spacial score (nSPS) is 12.4. The van der Waals surface area contributed by atoms with Crippen LogP contribution in [0.15, 0.2) is 24.3 Å². The van der Waals surface area contributed by atoms with Gasteiger partial charge in [0, 0.05) is 10.6 Å². The molecule has 2 nitrogen and oxygen atoms in total. The van der Waals surface area contributed by atoms with E-state index < -0.39 is 0 Å². The summed E-state index contributed by atoms with van der Waals surface area (Å²) in [4.78, 5) is 5.81. The molecule has 96 valence electrons. The minimum Gasteiger partial charge on any atom is -0.378 e. The lowest BCUT2D eigenvalue weighted by molar-refractivity contribution is 1.04. The Kier molecular flexibility index (Phi) is 4.25. The molecule has 1 aromatic carbocycles. The summed E-state index contributed by atoms with van der Waals surface area (Å²) in [5.74, 6) is 0. The summed E-state index contributed by atoms with van der Waals surface area (Å²) < 4.78 is 0. The molecule has 0 aliphatic heterocycles. The monoisotopic (exact) mass is 280 g/mol. The Hall–Kier alpha value is -1.06. The summed E-state index contributed by atoms with van der Waals surface area (Å²) >= 11 is 7.91. The highest BCUT2D eigenvalue weighted by molar-refractivity contribution is 7.11. The summed E-state index contributed by atoms with van der Waals surface area (Å²) in [5, 5.41) is 4.54. The number of nitrogens with zero attached hydrogens (tertiary/aromatic N) is 1. The highest BCUT2D eigenvalue weighted by Crippen LogP contribution is 2.27. The van der Waals surface area contributed by atoms with Gasteiger partial charge in [-0.15, -0.1) is 22.9 Å². The summed E-state index contributed by atoms with van der Waals surface area (Å²) in [5.41, 5.74) is 3.34. The number of aryl methyl sites for hydroxylation is 2. The lowest BCUT2D eigenvalue weighted by atomic mass is 10.1. The van der Waals surface area contributed by atoms with E-state index in [0.29, 0.717) is 0 Å². The van der Waals surface area contributed by atoms with Gasteiger partial charge in [-0.25, -0.2) is 4.98 Å². The van der Waals surface area contributed by atoms with Crippen LogP contribution < -0.4 is 5.32 Å². The number of rotatable bonds is 4. The van der Waals surface area contributed by atoms with Crippen LogP contribution >= 0.6 is 22.9 Å². The molecule has 1 N–H and O–H groups in total. The predicted molar refractivity (Wildman–Crippen MR) is 79.6 cm³/mol. The number of aromatic nitrogens is 1. The fraction of sp³-hybridized carbons (Fsp3) is 0.357. The third-order valence-electron chi connectivity index (χ3n) is 2.89. The number of thiazole rings is 1. The minimum atomic E-state index is 0.00784. The molecule has 4 heteroatoms. The average molecular weight is 281 g/mol. The number of halogens is 1. The molecular formula is C14H17ClN2S. The van der Waals surface area contributed by atoms with E-state index in [0.717, 1.165) is 28.5 Å². The van der Waals surface area contributed by atoms with Gasteiger partial charge in [-0.3, -0.25) is 0 Å². The standard InChI is InChI=1S/C14H17ClN2S/c1-9(15)12-6-4-5-7-13(12)16-8-14-17-10(2)11(3)18-14/h4-7,9,16H,8H2,1-3H3. The molecule has 0 saturated carbocycles. The smallest absolute Gasteiger partial charge is 0.112 e. The van der Waals surface area contributed by atoms with E-state index in [1.807, 2.05) is 26.0 Å². The molecule has 0 aliphatic rings. The number of anilines is 1. The predicted octanol–water partition coefficient (Wildman–Crippen LogP) is 4.67. The molecule has 1 aromatic heterocycles. The summed E-state index contributed by atoms with van der Waals surface area (Å²) in [7, 11) is 0. The molecule has 1 atom stereocenters. The molecule has 0 amide bonds. The molecule has 0 spiro atoms. The van der Waals surface area contributed by atoms with Crippen molar-refractivity contribution in [3.63, 3.8) is 0 Å². The van der Waals surface area contributed by atoms with Crippen LogP contribution in [0.2, 0.25) is 0 Å². The van der Waals surface area contributed by atoms with Crippen molar-refractivity contribution in [1.82, 2.24) is 4.98 Å². The molecule has 1 unspecified atom stereocenters. The molecule has 0 fully saturated rings. The Bertz CT molecular complexity index is 515. The van der Waals surface area contributed by atoms with E-state index in [9.17, 15) is 0 Å². The minimum absolute atomic E-state index is 0.00784. The molecule has 1 heterocycles. The topological polar surface area (TPSA) is 24.9 Å².